The summed E-state index contributed by atoms with van der Waals surface area (Å²) in [7, 11) is 2.08. The van der Waals surface area contributed by atoms with Crippen LogP contribution in [0, 0.1) is 6.92 Å². The van der Waals surface area contributed by atoms with Gasteiger partial charge in [-0.25, -0.2) is 0 Å². The van der Waals surface area contributed by atoms with E-state index in [-0.39, 0.29) is 0 Å². The molecular weight excluding hydrogens is 208 g/mol. The first kappa shape index (κ1) is 12.3. The van der Waals surface area contributed by atoms with Crippen LogP contribution in [0.2, 0.25) is 5.02 Å². The van der Waals surface area contributed by atoms with Gasteiger partial charge in [0.05, 0.1) is 0 Å². The van der Waals surface area contributed by atoms with Crippen LogP contribution in [0.3, 0.4) is 0 Å². The van der Waals surface area contributed by atoms with Crippen LogP contribution in [0.1, 0.15) is 18.9 Å². The van der Waals surface area contributed by atoms with Gasteiger partial charge in [0.2, 0.25) is 0 Å². The van der Waals surface area contributed by atoms with E-state index in [1.807, 2.05) is 18.2 Å². The van der Waals surface area contributed by atoms with E-state index in [4.69, 9.17) is 17.3 Å². The molecule has 0 saturated heterocycles. The first-order chi connectivity index (χ1) is 7.06. The topological polar surface area (TPSA) is 29.3 Å². The van der Waals surface area contributed by atoms with E-state index < -0.39 is 0 Å². The number of nitrogens with zero attached hydrogens (tertiary/aromatic N) is 1. The lowest BCUT2D eigenvalue weighted by molar-refractivity contribution is 0.634. The minimum absolute atomic E-state index is 0.437. The normalized spacial score (nSPS) is 12.6. The van der Waals surface area contributed by atoms with E-state index in [9.17, 15) is 0 Å². The molecule has 3 heteroatoms. The molecule has 0 fully saturated rings. The number of anilines is 1. The highest BCUT2D eigenvalue weighted by atomic mass is 35.5. The van der Waals surface area contributed by atoms with Crippen LogP contribution in [0.5, 0.6) is 0 Å². The molecule has 2 N–H and O–H groups in total. The molecule has 0 radical (unpaired) electrons. The third kappa shape index (κ3) is 3.11. The summed E-state index contributed by atoms with van der Waals surface area (Å²) in [4.78, 5) is 2.23. The van der Waals surface area contributed by atoms with Crippen molar-refractivity contribution in [1.29, 1.82) is 0 Å². The minimum Gasteiger partial charge on any atom is -0.372 e. The van der Waals surface area contributed by atoms with Gasteiger partial charge in [0.1, 0.15) is 0 Å². The largest absolute Gasteiger partial charge is 0.372 e. The Bertz CT molecular complexity index is 325. The van der Waals surface area contributed by atoms with Crippen LogP contribution in [-0.2, 0) is 0 Å². The average Bonchev–Trinajstić information content (AvgIpc) is 2.21. The SMILES string of the molecule is Cc1ccc(Cl)cc1N(C)C(C)CCN. The van der Waals surface area contributed by atoms with Crippen LogP contribution in [0.4, 0.5) is 5.69 Å². The molecule has 0 saturated carbocycles. The first-order valence-electron chi connectivity index (χ1n) is 5.25. The third-order valence-corrected chi connectivity index (χ3v) is 3.03. The maximum Gasteiger partial charge on any atom is 0.0426 e. The molecule has 0 aliphatic heterocycles. The molecule has 0 aliphatic carbocycles. The van der Waals surface area contributed by atoms with Gasteiger partial charge in [-0.2, -0.15) is 0 Å². The summed E-state index contributed by atoms with van der Waals surface area (Å²) in [5.41, 5.74) is 7.99. The van der Waals surface area contributed by atoms with Crippen molar-refractivity contribution < 1.29 is 0 Å². The summed E-state index contributed by atoms with van der Waals surface area (Å²) in [6, 6.07) is 6.40. The fraction of sp³-hybridized carbons (Fsp3) is 0.500. The predicted molar refractivity (Wildman–Crippen MR) is 67.7 cm³/mol. The highest BCUT2D eigenvalue weighted by molar-refractivity contribution is 6.30. The van der Waals surface area contributed by atoms with Crippen molar-refractivity contribution in [2.75, 3.05) is 18.5 Å². The van der Waals surface area contributed by atoms with Crippen LogP contribution in [0.25, 0.3) is 0 Å². The Morgan fingerprint density at radius 2 is 2.13 bits per heavy atom. The second-order valence-corrected chi connectivity index (χ2v) is 4.40. The summed E-state index contributed by atoms with van der Waals surface area (Å²) >= 11 is 5.99. The molecule has 0 aromatic heterocycles. The molecule has 0 aliphatic rings. The Labute approximate surface area is 97.0 Å². The van der Waals surface area contributed by atoms with Gasteiger partial charge >= 0.3 is 0 Å². The molecule has 0 amide bonds. The molecule has 1 rings (SSSR count). The molecule has 0 spiro atoms. The molecule has 1 aromatic rings. The molecule has 2 nitrogen and oxygen atoms in total. The summed E-state index contributed by atoms with van der Waals surface area (Å²) < 4.78 is 0. The zero-order valence-corrected chi connectivity index (χ0v) is 10.4. The number of benzene rings is 1. The lowest BCUT2D eigenvalue weighted by Gasteiger charge is -2.28. The van der Waals surface area contributed by atoms with Crippen molar-refractivity contribution in [1.82, 2.24) is 0 Å². The summed E-state index contributed by atoms with van der Waals surface area (Å²) in [5.74, 6) is 0. The fourth-order valence-electron chi connectivity index (χ4n) is 1.63. The Balaban J connectivity index is 2.89. The van der Waals surface area contributed by atoms with Gasteiger partial charge in [-0.15, -0.1) is 0 Å². The van der Waals surface area contributed by atoms with E-state index in [0.29, 0.717) is 12.6 Å². The first-order valence-corrected chi connectivity index (χ1v) is 5.63. The number of halogens is 1. The van der Waals surface area contributed by atoms with Gasteiger partial charge in [-0.3, -0.25) is 0 Å². The van der Waals surface area contributed by atoms with Crippen molar-refractivity contribution in [2.24, 2.45) is 5.73 Å². The van der Waals surface area contributed by atoms with E-state index in [1.54, 1.807) is 0 Å². The minimum atomic E-state index is 0.437. The van der Waals surface area contributed by atoms with Crippen LogP contribution < -0.4 is 10.6 Å². The average molecular weight is 227 g/mol. The maximum atomic E-state index is 5.99. The fourth-order valence-corrected chi connectivity index (χ4v) is 1.80. The summed E-state index contributed by atoms with van der Waals surface area (Å²) in [5, 5.41) is 0.780. The zero-order valence-electron chi connectivity index (χ0n) is 9.63. The van der Waals surface area contributed by atoms with Gasteiger partial charge in [0.25, 0.3) is 0 Å². The summed E-state index contributed by atoms with van der Waals surface area (Å²) in [6.07, 6.45) is 0.989. The van der Waals surface area contributed by atoms with E-state index in [1.165, 1.54) is 11.3 Å². The highest BCUT2D eigenvalue weighted by Crippen LogP contribution is 2.25. The second-order valence-electron chi connectivity index (χ2n) is 3.97. The number of hydrogen-bond acceptors (Lipinski definition) is 2. The smallest absolute Gasteiger partial charge is 0.0426 e. The van der Waals surface area contributed by atoms with E-state index in [2.05, 4.69) is 25.8 Å². The highest BCUT2D eigenvalue weighted by Gasteiger charge is 2.11. The van der Waals surface area contributed by atoms with Gasteiger partial charge < -0.3 is 10.6 Å². The Kier molecular flexibility index (Phi) is 4.43. The molecule has 0 heterocycles. The van der Waals surface area contributed by atoms with Crippen molar-refractivity contribution in [3.8, 4) is 0 Å². The lowest BCUT2D eigenvalue weighted by atomic mass is 10.1. The number of rotatable bonds is 4. The lowest BCUT2D eigenvalue weighted by Crippen LogP contribution is -2.31. The zero-order chi connectivity index (χ0) is 11.4. The molecule has 84 valence electrons. The van der Waals surface area contributed by atoms with Crippen molar-refractivity contribution in [3.63, 3.8) is 0 Å². The number of aryl methyl sites for hydroxylation is 1. The molecule has 15 heavy (non-hydrogen) atoms. The number of nitrogens with two attached hydrogens (primary N) is 1. The van der Waals surface area contributed by atoms with Crippen LogP contribution >= 0.6 is 11.6 Å². The summed E-state index contributed by atoms with van der Waals surface area (Å²) in [6.45, 7) is 4.98. The van der Waals surface area contributed by atoms with Crippen molar-refractivity contribution in [2.45, 2.75) is 26.3 Å². The molecule has 1 atom stereocenters. The van der Waals surface area contributed by atoms with Crippen LogP contribution in [-0.4, -0.2) is 19.6 Å². The van der Waals surface area contributed by atoms with Gasteiger partial charge in [-0.1, -0.05) is 17.7 Å². The standard InChI is InChI=1S/C12H19ClN2/c1-9-4-5-11(13)8-12(9)15(3)10(2)6-7-14/h4-5,8,10H,6-7,14H2,1-3H3. The predicted octanol–water partition coefficient (Wildman–Crippen LogP) is 2.82. The molecular formula is C12H19ClN2. The second kappa shape index (κ2) is 5.38. The van der Waals surface area contributed by atoms with Crippen molar-refractivity contribution >= 4 is 17.3 Å². The van der Waals surface area contributed by atoms with Gasteiger partial charge in [0, 0.05) is 23.8 Å². The third-order valence-electron chi connectivity index (χ3n) is 2.80. The molecule has 1 unspecified atom stereocenters. The Morgan fingerprint density at radius 1 is 1.47 bits per heavy atom. The van der Waals surface area contributed by atoms with Crippen molar-refractivity contribution in [3.05, 3.63) is 28.8 Å². The Morgan fingerprint density at radius 3 is 2.73 bits per heavy atom. The maximum absolute atomic E-state index is 5.99. The molecule has 0 bridgehead atoms. The van der Waals surface area contributed by atoms with E-state index in [0.717, 1.165) is 11.4 Å². The monoisotopic (exact) mass is 226 g/mol. The van der Waals surface area contributed by atoms with Gasteiger partial charge in [0.15, 0.2) is 0 Å². The van der Waals surface area contributed by atoms with Crippen LogP contribution in [0.15, 0.2) is 18.2 Å². The number of hydrogen-bond donors (Lipinski definition) is 1. The van der Waals surface area contributed by atoms with E-state index >= 15 is 0 Å². The Hall–Kier alpha value is -0.730. The quantitative estimate of drug-likeness (QED) is 0.856. The molecule has 1 aromatic carbocycles. The van der Waals surface area contributed by atoms with Gasteiger partial charge in [-0.05, 0) is 44.5 Å².